The Morgan fingerprint density at radius 3 is 2.61 bits per heavy atom. The molecule has 2 aromatic carbocycles. The van der Waals surface area contributed by atoms with Crippen LogP contribution in [-0.2, 0) is 14.3 Å². The summed E-state index contributed by atoms with van der Waals surface area (Å²) in [5.41, 5.74) is 4.54. The summed E-state index contributed by atoms with van der Waals surface area (Å²) in [6, 6.07) is 17.3. The van der Waals surface area contributed by atoms with Gasteiger partial charge in [-0.3, -0.25) is 9.78 Å². The quantitative estimate of drug-likeness (QED) is 0.449. The Bertz CT molecular complexity index is 1170. The van der Waals surface area contributed by atoms with Crippen molar-refractivity contribution in [3.8, 4) is 11.1 Å². The molecule has 6 nitrogen and oxygen atoms in total. The van der Waals surface area contributed by atoms with E-state index in [1.165, 1.54) is 21.9 Å². The summed E-state index contributed by atoms with van der Waals surface area (Å²) in [4.78, 5) is 19.1. The Balaban J connectivity index is 1.30. The number of likely N-dealkylation sites (tertiary alicyclic amines) is 1. The van der Waals surface area contributed by atoms with Gasteiger partial charge in [0.2, 0.25) is 0 Å². The lowest BCUT2D eigenvalue weighted by Crippen LogP contribution is -2.44. The minimum atomic E-state index is -0.249. The minimum Gasteiger partial charge on any atom is -0.396 e. The van der Waals surface area contributed by atoms with Gasteiger partial charge in [0.15, 0.2) is 0 Å². The number of hydrogen-bond acceptors (Lipinski definition) is 5. The predicted molar refractivity (Wildman–Crippen MR) is 141 cm³/mol. The number of fused-ring (bicyclic) bond motifs is 1. The predicted octanol–water partition coefficient (Wildman–Crippen LogP) is 5.07. The van der Waals surface area contributed by atoms with Gasteiger partial charge in [0, 0.05) is 50.2 Å². The number of benzene rings is 2. The average molecular weight is 489 g/mol. The van der Waals surface area contributed by atoms with E-state index in [4.69, 9.17) is 9.47 Å². The van der Waals surface area contributed by atoms with Crippen molar-refractivity contribution in [1.82, 2.24) is 9.88 Å². The van der Waals surface area contributed by atoms with E-state index < -0.39 is 0 Å². The van der Waals surface area contributed by atoms with Crippen LogP contribution in [0.4, 0.5) is 0 Å². The number of rotatable bonds is 8. The largest absolute Gasteiger partial charge is 0.396 e. The molecule has 6 heteroatoms. The minimum absolute atomic E-state index is 0.0455. The molecule has 0 spiro atoms. The molecular formula is C30H36N2O4. The zero-order chi connectivity index (χ0) is 24.9. The molecule has 0 radical (unpaired) electrons. The normalized spacial score (nSPS) is 19.6. The van der Waals surface area contributed by atoms with E-state index in [0.717, 1.165) is 50.0 Å². The third kappa shape index (κ3) is 5.46. The number of aryl methyl sites for hydroxylation is 1. The summed E-state index contributed by atoms with van der Waals surface area (Å²) in [6.45, 7) is 4.86. The summed E-state index contributed by atoms with van der Waals surface area (Å²) in [7, 11) is 0. The number of nitrogens with zero attached hydrogens (tertiary/aromatic N) is 2. The van der Waals surface area contributed by atoms with Crippen molar-refractivity contribution >= 4 is 16.7 Å². The smallest absolute Gasteiger partial charge is 0.251 e. The Morgan fingerprint density at radius 2 is 1.89 bits per heavy atom. The van der Waals surface area contributed by atoms with E-state index in [-0.39, 0.29) is 24.7 Å². The zero-order valence-corrected chi connectivity index (χ0v) is 21.1. The van der Waals surface area contributed by atoms with Gasteiger partial charge in [0.25, 0.3) is 5.91 Å². The van der Waals surface area contributed by atoms with E-state index in [0.29, 0.717) is 25.6 Å². The molecule has 2 aliphatic rings. The number of hydrogen-bond donors (Lipinski definition) is 1. The van der Waals surface area contributed by atoms with Gasteiger partial charge in [0.1, 0.15) is 6.10 Å². The van der Waals surface area contributed by atoms with Crippen LogP contribution in [0.5, 0.6) is 0 Å². The molecule has 1 aromatic heterocycles. The summed E-state index contributed by atoms with van der Waals surface area (Å²) in [5.74, 6) is 0.480. The third-order valence-electron chi connectivity index (χ3n) is 7.62. The van der Waals surface area contributed by atoms with Gasteiger partial charge in [-0.15, -0.1) is 0 Å². The van der Waals surface area contributed by atoms with E-state index in [9.17, 15) is 9.90 Å². The first kappa shape index (κ1) is 24.9. The Labute approximate surface area is 213 Å². The zero-order valence-electron chi connectivity index (χ0n) is 21.1. The van der Waals surface area contributed by atoms with Crippen LogP contribution < -0.4 is 0 Å². The number of carbonyl (C=O) groups is 1. The van der Waals surface area contributed by atoms with Gasteiger partial charge in [-0.2, -0.15) is 0 Å². The fraction of sp³-hybridized carbons (Fsp3) is 0.467. The molecular weight excluding hydrogens is 452 g/mol. The molecule has 3 aromatic rings. The standard InChI is InChI=1S/C30H36N2O4/c1-21-27-10-9-25(20-26(27)11-14-31-21)22-5-7-23(8-6-22)29(36-19-3-17-33)24-12-15-32(16-13-24)30(34)28-4-2-18-35-28/h5-11,14,20,24,28-29,33H,2-4,12-13,15-19H2,1H3/t28-,29?/m1/s1. The van der Waals surface area contributed by atoms with Crippen molar-refractivity contribution in [1.29, 1.82) is 0 Å². The fourth-order valence-corrected chi connectivity index (χ4v) is 5.55. The number of pyridine rings is 1. The van der Waals surface area contributed by atoms with Crippen molar-refractivity contribution in [2.45, 2.75) is 51.2 Å². The van der Waals surface area contributed by atoms with Crippen LogP contribution in [-0.4, -0.2) is 59.9 Å². The molecule has 190 valence electrons. The first-order valence-electron chi connectivity index (χ1n) is 13.2. The number of piperidine rings is 1. The molecule has 1 unspecified atom stereocenters. The van der Waals surface area contributed by atoms with E-state index in [2.05, 4.69) is 53.5 Å². The highest BCUT2D eigenvalue weighted by atomic mass is 16.5. The topological polar surface area (TPSA) is 71.9 Å². The maximum Gasteiger partial charge on any atom is 0.251 e. The van der Waals surface area contributed by atoms with Gasteiger partial charge in [-0.1, -0.05) is 36.4 Å². The van der Waals surface area contributed by atoms with Gasteiger partial charge < -0.3 is 19.5 Å². The number of aliphatic hydroxyl groups is 1. The number of carbonyl (C=O) groups excluding carboxylic acids is 1. The average Bonchev–Trinajstić information content (AvgIpc) is 3.46. The summed E-state index contributed by atoms with van der Waals surface area (Å²) >= 11 is 0. The van der Waals surface area contributed by atoms with Gasteiger partial charge in [-0.05, 0) is 79.2 Å². The highest BCUT2D eigenvalue weighted by molar-refractivity contribution is 5.88. The van der Waals surface area contributed by atoms with Crippen molar-refractivity contribution in [2.75, 3.05) is 32.9 Å². The molecule has 2 fully saturated rings. The van der Waals surface area contributed by atoms with Gasteiger partial charge in [-0.25, -0.2) is 0 Å². The third-order valence-corrected chi connectivity index (χ3v) is 7.62. The first-order chi connectivity index (χ1) is 17.6. The summed E-state index contributed by atoms with van der Waals surface area (Å²) < 4.78 is 11.9. The Kier molecular flexibility index (Phi) is 7.95. The van der Waals surface area contributed by atoms with Crippen LogP contribution in [0.15, 0.2) is 54.7 Å². The Morgan fingerprint density at radius 1 is 1.11 bits per heavy atom. The van der Waals surface area contributed by atoms with E-state index >= 15 is 0 Å². The molecule has 36 heavy (non-hydrogen) atoms. The van der Waals surface area contributed by atoms with Crippen molar-refractivity contribution in [3.63, 3.8) is 0 Å². The second kappa shape index (κ2) is 11.5. The second-order valence-electron chi connectivity index (χ2n) is 9.99. The lowest BCUT2D eigenvalue weighted by molar-refractivity contribution is -0.143. The van der Waals surface area contributed by atoms with Crippen LogP contribution in [0, 0.1) is 12.8 Å². The molecule has 2 aliphatic heterocycles. The highest BCUT2D eigenvalue weighted by Crippen LogP contribution is 2.36. The van der Waals surface area contributed by atoms with Crippen LogP contribution >= 0.6 is 0 Å². The molecule has 3 heterocycles. The molecule has 1 amide bonds. The summed E-state index contributed by atoms with van der Waals surface area (Å²) in [6.07, 6.45) is 5.81. The monoisotopic (exact) mass is 488 g/mol. The number of amides is 1. The SMILES string of the molecule is Cc1nccc2cc(-c3ccc(C(OCCCO)C4CCN(C(=O)[C@H]5CCCO5)CC4)cc3)ccc12. The van der Waals surface area contributed by atoms with Crippen molar-refractivity contribution < 1.29 is 19.4 Å². The molecule has 2 atom stereocenters. The van der Waals surface area contributed by atoms with Crippen LogP contribution in [0.1, 0.15) is 49.5 Å². The van der Waals surface area contributed by atoms with Gasteiger partial charge in [0.05, 0.1) is 6.10 Å². The van der Waals surface area contributed by atoms with Crippen LogP contribution in [0.3, 0.4) is 0 Å². The van der Waals surface area contributed by atoms with Crippen LogP contribution in [0.2, 0.25) is 0 Å². The molecule has 0 saturated carbocycles. The lowest BCUT2D eigenvalue weighted by atomic mass is 9.86. The maximum atomic E-state index is 12.8. The molecule has 2 saturated heterocycles. The van der Waals surface area contributed by atoms with Crippen LogP contribution in [0.25, 0.3) is 21.9 Å². The Hall–Kier alpha value is -2.80. The van der Waals surface area contributed by atoms with Crippen molar-refractivity contribution in [2.24, 2.45) is 5.92 Å². The first-order valence-corrected chi connectivity index (χ1v) is 13.2. The molecule has 0 bridgehead atoms. The highest BCUT2D eigenvalue weighted by Gasteiger charge is 2.34. The van der Waals surface area contributed by atoms with E-state index in [1.54, 1.807) is 0 Å². The molecule has 0 aliphatic carbocycles. The number of aromatic nitrogens is 1. The fourth-order valence-electron chi connectivity index (χ4n) is 5.55. The maximum absolute atomic E-state index is 12.8. The lowest BCUT2D eigenvalue weighted by Gasteiger charge is -2.37. The second-order valence-corrected chi connectivity index (χ2v) is 9.99. The molecule has 5 rings (SSSR count). The van der Waals surface area contributed by atoms with Gasteiger partial charge >= 0.3 is 0 Å². The van der Waals surface area contributed by atoms with Crippen molar-refractivity contribution in [3.05, 3.63) is 66.0 Å². The summed E-state index contributed by atoms with van der Waals surface area (Å²) in [5, 5.41) is 11.6. The van der Waals surface area contributed by atoms with E-state index in [1.807, 2.05) is 18.0 Å². The molecule has 1 N–H and O–H groups in total. The number of aliphatic hydroxyl groups excluding tert-OH is 1. The number of ether oxygens (including phenoxy) is 2.